The number of nitrogens with zero attached hydrogens (tertiary/aromatic N) is 6. The number of imidazole rings is 1. The third-order valence-electron chi connectivity index (χ3n) is 5.80. The summed E-state index contributed by atoms with van der Waals surface area (Å²) in [6.45, 7) is 4.02. The monoisotopic (exact) mass is 446 g/mol. The van der Waals surface area contributed by atoms with Crippen molar-refractivity contribution in [1.29, 1.82) is 0 Å². The Hall–Kier alpha value is -3.76. The van der Waals surface area contributed by atoms with E-state index in [0.29, 0.717) is 22.9 Å². The first-order chi connectivity index (χ1) is 16.1. The van der Waals surface area contributed by atoms with Crippen LogP contribution in [0.3, 0.4) is 0 Å². The maximum atomic E-state index is 12.8. The van der Waals surface area contributed by atoms with E-state index in [9.17, 15) is 9.90 Å². The first-order valence-corrected chi connectivity index (χ1v) is 11.0. The first-order valence-electron chi connectivity index (χ1n) is 11.0. The number of H-pyrrole nitrogens is 1. The summed E-state index contributed by atoms with van der Waals surface area (Å²) < 4.78 is 1.63. The van der Waals surface area contributed by atoms with Crippen molar-refractivity contribution < 1.29 is 9.90 Å². The first kappa shape index (κ1) is 21.1. The molecule has 1 fully saturated rings. The maximum Gasteiger partial charge on any atom is 0.258 e. The molecule has 5 rings (SSSR count). The number of benzene rings is 1. The van der Waals surface area contributed by atoms with Crippen LogP contribution in [0.2, 0.25) is 0 Å². The van der Waals surface area contributed by atoms with E-state index in [1.807, 2.05) is 30.3 Å². The molecule has 0 bridgehead atoms. The Balaban J connectivity index is 1.33. The van der Waals surface area contributed by atoms with Gasteiger partial charge in [-0.25, -0.2) is 9.97 Å². The summed E-state index contributed by atoms with van der Waals surface area (Å²) >= 11 is 0. The maximum absolute atomic E-state index is 12.8. The number of aromatic amines is 1. The SMILES string of the molecule is CN1CCN(c2ccc(C(=O)Nc3cc(-c4nc5ccccc5[nH]4)n(CCO)n3)cn2)CC1. The van der Waals surface area contributed by atoms with Crippen LogP contribution in [-0.2, 0) is 6.54 Å². The van der Waals surface area contributed by atoms with E-state index in [-0.39, 0.29) is 19.1 Å². The number of carbonyl (C=O) groups is 1. The lowest BCUT2D eigenvalue weighted by molar-refractivity contribution is 0.102. The largest absolute Gasteiger partial charge is 0.394 e. The summed E-state index contributed by atoms with van der Waals surface area (Å²) in [4.78, 5) is 29.7. The normalized spacial score (nSPS) is 14.7. The molecule has 0 radical (unpaired) electrons. The Bertz CT molecular complexity index is 1220. The number of aromatic nitrogens is 5. The van der Waals surface area contributed by atoms with Gasteiger partial charge in [0.1, 0.15) is 11.5 Å². The Kier molecular flexibility index (Phi) is 5.76. The fourth-order valence-electron chi connectivity index (χ4n) is 3.94. The van der Waals surface area contributed by atoms with Gasteiger partial charge < -0.3 is 25.2 Å². The van der Waals surface area contributed by atoms with Gasteiger partial charge in [-0.1, -0.05) is 12.1 Å². The van der Waals surface area contributed by atoms with E-state index >= 15 is 0 Å². The Morgan fingerprint density at radius 3 is 2.70 bits per heavy atom. The quantitative estimate of drug-likeness (QED) is 0.414. The van der Waals surface area contributed by atoms with Crippen molar-refractivity contribution in [1.82, 2.24) is 29.6 Å². The van der Waals surface area contributed by atoms with Crippen LogP contribution in [0.25, 0.3) is 22.6 Å². The Morgan fingerprint density at radius 1 is 1.15 bits per heavy atom. The molecule has 1 aliphatic rings. The number of anilines is 2. The highest BCUT2D eigenvalue weighted by Crippen LogP contribution is 2.24. The van der Waals surface area contributed by atoms with Crippen molar-refractivity contribution in [3.63, 3.8) is 0 Å². The highest BCUT2D eigenvalue weighted by atomic mass is 16.3. The summed E-state index contributed by atoms with van der Waals surface area (Å²) in [5.74, 6) is 1.58. The van der Waals surface area contributed by atoms with Gasteiger partial charge in [0.2, 0.25) is 0 Å². The molecular formula is C23H26N8O2. The van der Waals surface area contributed by atoms with E-state index < -0.39 is 0 Å². The number of likely N-dealkylation sites (N-methyl/N-ethyl adjacent to an activating group) is 1. The van der Waals surface area contributed by atoms with Gasteiger partial charge >= 0.3 is 0 Å². The molecular weight excluding hydrogens is 420 g/mol. The van der Waals surface area contributed by atoms with Crippen molar-refractivity contribution in [3.05, 3.63) is 54.2 Å². The van der Waals surface area contributed by atoms with E-state index in [4.69, 9.17) is 0 Å². The van der Waals surface area contributed by atoms with Gasteiger partial charge in [0.05, 0.1) is 29.7 Å². The highest BCUT2D eigenvalue weighted by Gasteiger charge is 2.18. The lowest BCUT2D eigenvalue weighted by Crippen LogP contribution is -2.44. The molecule has 0 saturated carbocycles. The van der Waals surface area contributed by atoms with E-state index in [1.165, 1.54) is 0 Å². The van der Waals surface area contributed by atoms with Gasteiger partial charge in [-0.05, 0) is 31.3 Å². The summed E-state index contributed by atoms with van der Waals surface area (Å²) in [5.41, 5.74) is 2.87. The molecule has 1 saturated heterocycles. The number of hydrogen-bond donors (Lipinski definition) is 3. The Morgan fingerprint density at radius 2 is 1.97 bits per heavy atom. The van der Waals surface area contributed by atoms with Gasteiger partial charge in [-0.15, -0.1) is 0 Å². The van der Waals surface area contributed by atoms with Gasteiger partial charge in [0.15, 0.2) is 11.6 Å². The second kappa shape index (κ2) is 9.00. The number of aliphatic hydroxyl groups is 1. The van der Waals surface area contributed by atoms with E-state index in [2.05, 4.69) is 42.2 Å². The lowest BCUT2D eigenvalue weighted by atomic mass is 10.2. The average Bonchev–Trinajstić information content (AvgIpc) is 3.43. The number of carbonyl (C=O) groups excluding carboxylic acids is 1. The molecule has 3 N–H and O–H groups in total. The summed E-state index contributed by atoms with van der Waals surface area (Å²) in [5, 5.41) is 16.7. The zero-order valence-corrected chi connectivity index (χ0v) is 18.4. The second-order valence-corrected chi connectivity index (χ2v) is 8.11. The number of pyridine rings is 1. The van der Waals surface area contributed by atoms with Crippen molar-refractivity contribution >= 4 is 28.6 Å². The van der Waals surface area contributed by atoms with E-state index in [1.54, 1.807) is 23.0 Å². The molecule has 10 heteroatoms. The van der Waals surface area contributed by atoms with Crippen molar-refractivity contribution in [2.45, 2.75) is 6.54 Å². The summed E-state index contributed by atoms with van der Waals surface area (Å²) in [7, 11) is 2.11. The number of aliphatic hydroxyl groups excluding tert-OH is 1. The van der Waals surface area contributed by atoms with Crippen LogP contribution in [0.15, 0.2) is 48.7 Å². The molecule has 4 heterocycles. The minimum Gasteiger partial charge on any atom is -0.394 e. The molecule has 0 spiro atoms. The molecule has 3 aromatic heterocycles. The topological polar surface area (TPSA) is 115 Å². The number of hydrogen-bond acceptors (Lipinski definition) is 7. The van der Waals surface area contributed by atoms with Gasteiger partial charge in [-0.2, -0.15) is 5.10 Å². The van der Waals surface area contributed by atoms with Gasteiger partial charge in [-0.3, -0.25) is 9.48 Å². The molecule has 1 aromatic carbocycles. The van der Waals surface area contributed by atoms with Crippen LogP contribution in [0.5, 0.6) is 0 Å². The molecule has 0 aliphatic carbocycles. The highest BCUT2D eigenvalue weighted by molar-refractivity contribution is 6.03. The fraction of sp³-hybridized carbons (Fsp3) is 0.304. The third-order valence-corrected chi connectivity index (χ3v) is 5.80. The number of para-hydroxylation sites is 2. The summed E-state index contributed by atoms with van der Waals surface area (Å²) in [6.07, 6.45) is 1.59. The molecule has 4 aromatic rings. The molecule has 1 amide bonds. The van der Waals surface area contributed by atoms with Gasteiger partial charge in [0.25, 0.3) is 5.91 Å². The molecule has 0 unspecified atom stereocenters. The number of amides is 1. The molecule has 33 heavy (non-hydrogen) atoms. The fourth-order valence-corrected chi connectivity index (χ4v) is 3.94. The van der Waals surface area contributed by atoms with Crippen LogP contribution in [0.4, 0.5) is 11.6 Å². The number of fused-ring (bicyclic) bond motifs is 1. The van der Waals surface area contributed by atoms with Crippen LogP contribution in [-0.4, -0.2) is 80.5 Å². The zero-order chi connectivity index (χ0) is 22.8. The van der Waals surface area contributed by atoms with Crippen LogP contribution >= 0.6 is 0 Å². The number of nitrogens with one attached hydrogen (secondary N) is 2. The van der Waals surface area contributed by atoms with Crippen LogP contribution in [0, 0.1) is 0 Å². The minimum atomic E-state index is -0.294. The van der Waals surface area contributed by atoms with Crippen molar-refractivity contribution in [2.24, 2.45) is 0 Å². The smallest absolute Gasteiger partial charge is 0.258 e. The van der Waals surface area contributed by atoms with Crippen molar-refractivity contribution in [3.8, 4) is 11.5 Å². The Labute approximate surface area is 190 Å². The van der Waals surface area contributed by atoms with Gasteiger partial charge in [0, 0.05) is 38.4 Å². The van der Waals surface area contributed by atoms with E-state index in [0.717, 1.165) is 43.0 Å². The molecule has 170 valence electrons. The second-order valence-electron chi connectivity index (χ2n) is 8.11. The summed E-state index contributed by atoms with van der Waals surface area (Å²) in [6, 6.07) is 13.1. The molecule has 1 aliphatic heterocycles. The molecule has 10 nitrogen and oxygen atoms in total. The molecule has 0 atom stereocenters. The number of piperazine rings is 1. The van der Waals surface area contributed by atoms with Crippen molar-refractivity contribution in [2.75, 3.05) is 50.1 Å². The predicted molar refractivity (Wildman–Crippen MR) is 126 cm³/mol. The average molecular weight is 447 g/mol. The lowest BCUT2D eigenvalue weighted by Gasteiger charge is -2.33. The third kappa shape index (κ3) is 4.43. The number of rotatable bonds is 6. The van der Waals surface area contributed by atoms with Crippen LogP contribution in [0.1, 0.15) is 10.4 Å². The van der Waals surface area contributed by atoms with Crippen LogP contribution < -0.4 is 10.2 Å². The zero-order valence-electron chi connectivity index (χ0n) is 18.4. The standard InChI is InChI=1S/C23H26N8O2/c1-29-8-10-30(11-9-29)21-7-6-16(15-24-21)23(33)27-20-14-19(31(28-20)12-13-32)22-25-17-4-2-3-5-18(17)26-22/h2-7,14-15,32H,8-13H2,1H3,(H,25,26)(H,27,28,33). The minimum absolute atomic E-state index is 0.0834. The predicted octanol–water partition coefficient (Wildman–Crippen LogP) is 1.82.